The van der Waals surface area contributed by atoms with E-state index in [1.54, 1.807) is 6.92 Å². The molecule has 0 aromatic rings. The van der Waals surface area contributed by atoms with Crippen LogP contribution in [-0.4, -0.2) is 17.0 Å². The molecule has 0 spiro atoms. The van der Waals surface area contributed by atoms with Crippen molar-refractivity contribution < 1.29 is 9.90 Å². The van der Waals surface area contributed by atoms with E-state index in [1.807, 2.05) is 6.92 Å². The van der Waals surface area contributed by atoms with Gasteiger partial charge in [-0.25, -0.2) is 0 Å². The summed E-state index contributed by atoms with van der Waals surface area (Å²) in [6.07, 6.45) is 2.98. The van der Waals surface area contributed by atoms with Gasteiger partial charge in [0, 0.05) is 6.42 Å². The van der Waals surface area contributed by atoms with E-state index in [9.17, 15) is 9.90 Å². The van der Waals surface area contributed by atoms with Crippen LogP contribution in [-0.2, 0) is 4.79 Å². The van der Waals surface area contributed by atoms with Gasteiger partial charge in [-0.1, -0.05) is 19.4 Å². The summed E-state index contributed by atoms with van der Waals surface area (Å²) in [7, 11) is 0. The lowest BCUT2D eigenvalue weighted by atomic mass is 9.70. The summed E-state index contributed by atoms with van der Waals surface area (Å²) < 4.78 is 0. The summed E-state index contributed by atoms with van der Waals surface area (Å²) in [5, 5.41) is 9.80. The topological polar surface area (TPSA) is 37.3 Å². The van der Waals surface area contributed by atoms with Crippen LogP contribution in [0.5, 0.6) is 0 Å². The highest BCUT2D eigenvalue weighted by Gasteiger charge is 2.31. The molecule has 1 rings (SSSR count). The largest absolute Gasteiger partial charge is 0.389 e. The predicted molar refractivity (Wildman–Crippen MR) is 61.6 cm³/mol. The van der Waals surface area contributed by atoms with Gasteiger partial charge in [0.2, 0.25) is 0 Å². The molecule has 0 saturated heterocycles. The van der Waals surface area contributed by atoms with Crippen molar-refractivity contribution in [2.24, 2.45) is 5.41 Å². The van der Waals surface area contributed by atoms with Crippen molar-refractivity contribution in [2.45, 2.75) is 59.5 Å². The third-order valence-corrected chi connectivity index (χ3v) is 3.56. The quantitative estimate of drug-likeness (QED) is 0.727. The Hall–Kier alpha value is -0.630. The van der Waals surface area contributed by atoms with Crippen molar-refractivity contribution in [1.29, 1.82) is 0 Å². The molecule has 0 aromatic carbocycles. The van der Waals surface area contributed by atoms with Crippen molar-refractivity contribution in [1.82, 2.24) is 0 Å². The molecular formula is C13H22O2. The maximum Gasteiger partial charge on any atom is 0.130 e. The number of hydrogen-bond acceptors (Lipinski definition) is 2. The lowest BCUT2D eigenvalue weighted by molar-refractivity contribution is -0.117. The smallest absolute Gasteiger partial charge is 0.130 e. The van der Waals surface area contributed by atoms with Gasteiger partial charge in [0.1, 0.15) is 5.78 Å². The molecule has 2 heteroatoms. The Morgan fingerprint density at radius 3 is 2.67 bits per heavy atom. The van der Waals surface area contributed by atoms with Gasteiger partial charge in [0.25, 0.3) is 0 Å². The van der Waals surface area contributed by atoms with E-state index >= 15 is 0 Å². The van der Waals surface area contributed by atoms with Gasteiger partial charge in [-0.2, -0.15) is 0 Å². The van der Waals surface area contributed by atoms with E-state index in [4.69, 9.17) is 0 Å². The number of ketones is 1. The zero-order valence-corrected chi connectivity index (χ0v) is 10.3. The van der Waals surface area contributed by atoms with Crippen LogP contribution in [0.4, 0.5) is 0 Å². The fraction of sp³-hybridized carbons (Fsp3) is 0.769. The second-order valence-electron chi connectivity index (χ2n) is 5.30. The number of hydrogen-bond donors (Lipinski definition) is 1. The monoisotopic (exact) mass is 210 g/mol. The zero-order chi connectivity index (χ0) is 11.6. The number of aliphatic hydroxyl groups excluding tert-OH is 1. The standard InChI is InChI=1S/C13H22O2/c1-9(14)5-6-11-10(2)12(15)7-8-13(11,3)4/h12,15H,5-8H2,1-4H3. The van der Waals surface area contributed by atoms with Crippen molar-refractivity contribution in [3.8, 4) is 0 Å². The highest BCUT2D eigenvalue weighted by molar-refractivity contribution is 5.75. The molecule has 0 amide bonds. The molecular weight excluding hydrogens is 188 g/mol. The third kappa shape index (κ3) is 2.91. The molecule has 86 valence electrons. The number of carbonyl (C=O) groups is 1. The van der Waals surface area contributed by atoms with Crippen LogP contribution in [0.3, 0.4) is 0 Å². The zero-order valence-electron chi connectivity index (χ0n) is 10.3. The normalized spacial score (nSPS) is 25.5. The summed E-state index contributed by atoms with van der Waals surface area (Å²) in [6, 6.07) is 0. The van der Waals surface area contributed by atoms with Crippen LogP contribution in [0.15, 0.2) is 11.1 Å². The van der Waals surface area contributed by atoms with Gasteiger partial charge < -0.3 is 9.90 Å². The molecule has 0 fully saturated rings. The molecule has 1 atom stereocenters. The Morgan fingerprint density at radius 1 is 1.53 bits per heavy atom. The van der Waals surface area contributed by atoms with Crippen LogP contribution >= 0.6 is 0 Å². The molecule has 0 saturated carbocycles. The van der Waals surface area contributed by atoms with Crippen LogP contribution < -0.4 is 0 Å². The van der Waals surface area contributed by atoms with Crippen molar-refractivity contribution in [3.63, 3.8) is 0 Å². The third-order valence-electron chi connectivity index (χ3n) is 3.56. The molecule has 15 heavy (non-hydrogen) atoms. The first-order chi connectivity index (χ1) is 6.84. The van der Waals surface area contributed by atoms with Gasteiger partial charge in [-0.15, -0.1) is 0 Å². The van der Waals surface area contributed by atoms with Gasteiger partial charge in [0.05, 0.1) is 6.10 Å². The molecule has 1 N–H and O–H groups in total. The molecule has 0 heterocycles. The van der Waals surface area contributed by atoms with E-state index in [-0.39, 0.29) is 17.3 Å². The second-order valence-corrected chi connectivity index (χ2v) is 5.30. The molecule has 1 aliphatic carbocycles. The average molecular weight is 210 g/mol. The first-order valence-electron chi connectivity index (χ1n) is 5.72. The van der Waals surface area contributed by atoms with Crippen LogP contribution in [0, 0.1) is 5.41 Å². The summed E-state index contributed by atoms with van der Waals surface area (Å²) >= 11 is 0. The van der Waals surface area contributed by atoms with Crippen molar-refractivity contribution >= 4 is 5.78 Å². The van der Waals surface area contributed by atoms with E-state index in [0.29, 0.717) is 6.42 Å². The Morgan fingerprint density at radius 2 is 2.13 bits per heavy atom. The van der Waals surface area contributed by atoms with Gasteiger partial charge in [-0.3, -0.25) is 0 Å². The lowest BCUT2D eigenvalue weighted by Crippen LogP contribution is -2.28. The predicted octanol–water partition coefficient (Wildman–Crippen LogP) is 2.85. The Balaban J connectivity index is 2.86. The highest BCUT2D eigenvalue weighted by Crippen LogP contribution is 2.42. The second kappa shape index (κ2) is 4.48. The summed E-state index contributed by atoms with van der Waals surface area (Å²) in [4.78, 5) is 11.0. The van der Waals surface area contributed by atoms with E-state index in [1.165, 1.54) is 5.57 Å². The SMILES string of the molecule is CC(=O)CCC1=C(C)C(O)CCC1(C)C. The van der Waals surface area contributed by atoms with Crippen LogP contribution in [0.25, 0.3) is 0 Å². The fourth-order valence-electron chi connectivity index (χ4n) is 2.44. The molecule has 1 unspecified atom stereocenters. The minimum Gasteiger partial charge on any atom is -0.389 e. The highest BCUT2D eigenvalue weighted by atomic mass is 16.3. The van der Waals surface area contributed by atoms with Gasteiger partial charge in [-0.05, 0) is 44.1 Å². The Labute approximate surface area is 92.4 Å². The molecule has 2 nitrogen and oxygen atoms in total. The number of allylic oxidation sites excluding steroid dienone is 1. The lowest BCUT2D eigenvalue weighted by Gasteiger charge is -2.37. The first-order valence-corrected chi connectivity index (χ1v) is 5.72. The molecule has 0 aliphatic heterocycles. The number of Topliss-reactive ketones (excluding diaryl/α,β-unsaturated/α-hetero) is 1. The van der Waals surface area contributed by atoms with E-state index in [2.05, 4.69) is 13.8 Å². The minimum atomic E-state index is -0.292. The Bertz CT molecular complexity index is 287. The van der Waals surface area contributed by atoms with E-state index in [0.717, 1.165) is 24.8 Å². The first kappa shape index (κ1) is 12.4. The fourth-order valence-corrected chi connectivity index (χ4v) is 2.44. The maximum absolute atomic E-state index is 11.0. The molecule has 0 radical (unpaired) electrons. The van der Waals surface area contributed by atoms with Crippen LogP contribution in [0.2, 0.25) is 0 Å². The summed E-state index contributed by atoms with van der Waals surface area (Å²) in [5.41, 5.74) is 2.53. The van der Waals surface area contributed by atoms with Gasteiger partial charge >= 0.3 is 0 Å². The number of aliphatic hydroxyl groups is 1. The summed E-state index contributed by atoms with van der Waals surface area (Å²) in [5.74, 6) is 0.228. The Kier molecular flexibility index (Phi) is 3.72. The maximum atomic E-state index is 11.0. The van der Waals surface area contributed by atoms with Crippen molar-refractivity contribution in [2.75, 3.05) is 0 Å². The number of carbonyl (C=O) groups excluding carboxylic acids is 1. The summed E-state index contributed by atoms with van der Waals surface area (Å²) in [6.45, 7) is 8.04. The minimum absolute atomic E-state index is 0.152. The molecule has 0 bridgehead atoms. The molecule has 0 aromatic heterocycles. The molecule has 1 aliphatic rings. The van der Waals surface area contributed by atoms with Gasteiger partial charge in [0.15, 0.2) is 0 Å². The average Bonchev–Trinajstić information content (AvgIpc) is 2.11. The van der Waals surface area contributed by atoms with E-state index < -0.39 is 0 Å². The number of rotatable bonds is 3. The van der Waals surface area contributed by atoms with Crippen molar-refractivity contribution in [3.05, 3.63) is 11.1 Å². The van der Waals surface area contributed by atoms with Crippen LogP contribution in [0.1, 0.15) is 53.4 Å².